The number of hydrogen-bond acceptors (Lipinski definition) is 5. The number of thiophene rings is 1. The Morgan fingerprint density at radius 2 is 1.83 bits per heavy atom. The fraction of sp³-hybridized carbons (Fsp3) is 0.500. The lowest BCUT2D eigenvalue weighted by Gasteiger charge is -2.33. The van der Waals surface area contributed by atoms with Crippen molar-refractivity contribution in [2.24, 2.45) is 5.92 Å². The molecular weight excluding hydrogens is 420 g/mol. The Bertz CT molecular complexity index is 1000. The summed E-state index contributed by atoms with van der Waals surface area (Å²) < 4.78 is 33.1. The van der Waals surface area contributed by atoms with Crippen molar-refractivity contribution < 1.29 is 17.9 Å². The molecule has 2 aliphatic heterocycles. The van der Waals surface area contributed by atoms with Crippen molar-refractivity contribution in [1.29, 1.82) is 0 Å². The van der Waals surface area contributed by atoms with E-state index in [9.17, 15) is 13.2 Å². The molecule has 2 aliphatic rings. The summed E-state index contributed by atoms with van der Waals surface area (Å²) in [5, 5.41) is 0. The average Bonchev–Trinajstić information content (AvgIpc) is 3.43. The highest BCUT2D eigenvalue weighted by Crippen LogP contribution is 2.32. The van der Waals surface area contributed by atoms with E-state index >= 15 is 0 Å². The molecule has 2 aromatic rings. The van der Waals surface area contributed by atoms with E-state index in [0.717, 1.165) is 36.4 Å². The molecule has 3 heterocycles. The summed E-state index contributed by atoms with van der Waals surface area (Å²) >= 11 is 1.29. The van der Waals surface area contributed by atoms with E-state index in [-0.39, 0.29) is 18.4 Å². The smallest absolute Gasteiger partial charge is 0.252 e. The van der Waals surface area contributed by atoms with Crippen molar-refractivity contribution in [2.45, 2.75) is 36.3 Å². The Morgan fingerprint density at radius 3 is 2.50 bits per heavy atom. The lowest BCUT2D eigenvalue weighted by molar-refractivity contribution is -0.135. The fourth-order valence-electron chi connectivity index (χ4n) is 4.41. The number of rotatable bonds is 5. The second-order valence-corrected chi connectivity index (χ2v) is 11.6. The lowest BCUT2D eigenvalue weighted by Crippen LogP contribution is -2.46. The van der Waals surface area contributed by atoms with Crippen LogP contribution in [0.4, 0.5) is 0 Å². The second-order valence-electron chi connectivity index (χ2n) is 8.11. The molecule has 2 fully saturated rings. The molecule has 0 aliphatic carbocycles. The Morgan fingerprint density at radius 1 is 1.07 bits per heavy atom. The maximum absolute atomic E-state index is 13.2. The number of sulfonamides is 1. The van der Waals surface area contributed by atoms with Gasteiger partial charge in [0.1, 0.15) is 9.96 Å². The predicted octanol–water partition coefficient (Wildman–Crippen LogP) is 3.48. The zero-order chi connectivity index (χ0) is 21.3. The zero-order valence-corrected chi connectivity index (χ0v) is 19.0. The predicted molar refractivity (Wildman–Crippen MR) is 117 cm³/mol. The van der Waals surface area contributed by atoms with Crippen LogP contribution in [0.2, 0.25) is 0 Å². The minimum absolute atomic E-state index is 0.0910. The molecule has 0 spiro atoms. The summed E-state index contributed by atoms with van der Waals surface area (Å²) in [5.41, 5.74) is 1.21. The van der Waals surface area contributed by atoms with Crippen LogP contribution in [0.25, 0.3) is 0 Å². The quantitative estimate of drug-likeness (QED) is 0.702. The molecule has 0 N–H and O–H groups in total. The van der Waals surface area contributed by atoms with E-state index in [1.54, 1.807) is 13.2 Å². The van der Waals surface area contributed by atoms with Gasteiger partial charge in [-0.2, -0.15) is 4.31 Å². The summed E-state index contributed by atoms with van der Waals surface area (Å²) in [6.45, 7) is 4.08. The minimum Gasteiger partial charge on any atom is -0.497 e. The van der Waals surface area contributed by atoms with Gasteiger partial charge >= 0.3 is 0 Å². The van der Waals surface area contributed by atoms with Crippen LogP contribution >= 0.6 is 11.3 Å². The third kappa shape index (κ3) is 4.26. The first-order valence-electron chi connectivity index (χ1n) is 10.4. The summed E-state index contributed by atoms with van der Waals surface area (Å²) in [6.07, 6.45) is 2.40. The molecule has 2 unspecified atom stereocenters. The minimum atomic E-state index is -3.52. The van der Waals surface area contributed by atoms with Crippen molar-refractivity contribution in [2.75, 3.05) is 33.3 Å². The van der Waals surface area contributed by atoms with Crippen LogP contribution < -0.4 is 4.74 Å². The van der Waals surface area contributed by atoms with Crippen molar-refractivity contribution in [1.82, 2.24) is 9.21 Å². The lowest BCUT2D eigenvalue weighted by atomic mass is 9.97. The van der Waals surface area contributed by atoms with Gasteiger partial charge in [-0.15, -0.1) is 11.3 Å². The van der Waals surface area contributed by atoms with E-state index < -0.39 is 10.0 Å². The number of nitrogens with zero attached hydrogens (tertiary/aromatic N) is 2. The number of carbonyl (C=O) groups excluding carboxylic acids is 1. The molecule has 6 nitrogen and oxygen atoms in total. The number of methoxy groups -OCH3 is 1. The van der Waals surface area contributed by atoms with Crippen molar-refractivity contribution in [3.05, 3.63) is 46.8 Å². The van der Waals surface area contributed by atoms with Gasteiger partial charge in [0.2, 0.25) is 5.91 Å². The van der Waals surface area contributed by atoms with Crippen molar-refractivity contribution >= 4 is 27.3 Å². The number of piperidine rings is 1. The maximum atomic E-state index is 13.2. The molecule has 30 heavy (non-hydrogen) atoms. The highest BCUT2D eigenvalue weighted by Gasteiger charge is 2.37. The van der Waals surface area contributed by atoms with Crippen molar-refractivity contribution in [3.63, 3.8) is 0 Å². The molecule has 1 aromatic carbocycles. The molecule has 0 bridgehead atoms. The van der Waals surface area contributed by atoms with Gasteiger partial charge in [0.25, 0.3) is 10.0 Å². The number of carbonyl (C=O) groups is 1. The standard InChI is InChI=1S/C22H28N2O4S2/c1-16-5-10-21(29-16)30(26,27)24-12-3-4-19(15-24)22(25)23-13-11-18(14-23)17-6-8-20(28-2)9-7-17/h5-10,18-19H,3-4,11-15H2,1-2H3. The third-order valence-electron chi connectivity index (χ3n) is 6.13. The number of aryl methyl sites for hydroxylation is 1. The molecule has 1 aromatic heterocycles. The van der Waals surface area contributed by atoms with Gasteiger partial charge in [0.05, 0.1) is 13.0 Å². The van der Waals surface area contributed by atoms with Crippen LogP contribution in [0.5, 0.6) is 5.75 Å². The fourth-order valence-corrected chi connectivity index (χ4v) is 7.37. The highest BCUT2D eigenvalue weighted by atomic mass is 32.2. The van der Waals surface area contributed by atoms with Crippen LogP contribution in [0.3, 0.4) is 0 Å². The van der Waals surface area contributed by atoms with Crippen LogP contribution in [-0.4, -0.2) is 56.8 Å². The van der Waals surface area contributed by atoms with E-state index in [2.05, 4.69) is 12.1 Å². The topological polar surface area (TPSA) is 66.9 Å². The molecular formula is C22H28N2O4S2. The van der Waals surface area contributed by atoms with E-state index in [1.165, 1.54) is 21.2 Å². The van der Waals surface area contributed by atoms with Crippen molar-refractivity contribution in [3.8, 4) is 5.75 Å². The van der Waals surface area contributed by atoms with Gasteiger partial charge in [0.15, 0.2) is 0 Å². The monoisotopic (exact) mass is 448 g/mol. The highest BCUT2D eigenvalue weighted by molar-refractivity contribution is 7.91. The Kier molecular flexibility index (Phi) is 6.18. The van der Waals surface area contributed by atoms with Crippen LogP contribution in [0.15, 0.2) is 40.6 Å². The van der Waals surface area contributed by atoms with Crippen LogP contribution in [0, 0.1) is 12.8 Å². The van der Waals surface area contributed by atoms with Gasteiger partial charge < -0.3 is 9.64 Å². The molecule has 1 amide bonds. The summed E-state index contributed by atoms with van der Waals surface area (Å²) in [6, 6.07) is 11.5. The molecule has 4 rings (SSSR count). The normalized spacial score (nSPS) is 22.9. The van der Waals surface area contributed by atoms with E-state index in [4.69, 9.17) is 4.74 Å². The zero-order valence-electron chi connectivity index (χ0n) is 17.4. The largest absolute Gasteiger partial charge is 0.497 e. The van der Waals surface area contributed by atoms with Gasteiger partial charge in [-0.3, -0.25) is 4.79 Å². The second kappa shape index (κ2) is 8.69. The summed E-state index contributed by atoms with van der Waals surface area (Å²) in [7, 11) is -1.87. The molecule has 0 saturated carbocycles. The average molecular weight is 449 g/mol. The Hall–Kier alpha value is -1.90. The van der Waals surface area contributed by atoms with E-state index in [0.29, 0.717) is 23.2 Å². The number of likely N-dealkylation sites (tertiary alicyclic amines) is 1. The first kappa shape index (κ1) is 21.3. The summed E-state index contributed by atoms with van der Waals surface area (Å²) in [4.78, 5) is 16.1. The molecule has 2 atom stereocenters. The number of ether oxygens (including phenoxy) is 1. The van der Waals surface area contributed by atoms with Gasteiger partial charge in [0, 0.05) is 37.0 Å². The summed E-state index contributed by atoms with van der Waals surface area (Å²) in [5.74, 6) is 0.976. The Balaban J connectivity index is 1.41. The van der Waals surface area contributed by atoms with Gasteiger partial charge in [-0.1, -0.05) is 12.1 Å². The number of amides is 1. The van der Waals surface area contributed by atoms with E-state index in [1.807, 2.05) is 30.0 Å². The van der Waals surface area contributed by atoms with Gasteiger partial charge in [-0.05, 0) is 56.0 Å². The van der Waals surface area contributed by atoms with Gasteiger partial charge in [-0.25, -0.2) is 8.42 Å². The SMILES string of the molecule is COc1ccc(C2CCN(C(=O)C3CCCN(S(=O)(=O)c4ccc(C)s4)C3)C2)cc1. The number of hydrogen-bond donors (Lipinski definition) is 0. The molecule has 0 radical (unpaired) electrons. The Labute approximate surface area is 182 Å². The molecule has 2 saturated heterocycles. The number of benzene rings is 1. The molecule has 8 heteroatoms. The van der Waals surface area contributed by atoms with Crippen LogP contribution in [0.1, 0.15) is 35.6 Å². The molecule has 162 valence electrons. The maximum Gasteiger partial charge on any atom is 0.252 e. The third-order valence-corrected chi connectivity index (χ3v) is 9.46. The first-order valence-corrected chi connectivity index (χ1v) is 12.6. The first-order chi connectivity index (χ1) is 14.4. The van der Waals surface area contributed by atoms with Crippen LogP contribution in [-0.2, 0) is 14.8 Å².